The Hall–Kier alpha value is -4.52. The molecule has 16 nitrogen and oxygen atoms in total. The average molecular weight is 779 g/mol. The van der Waals surface area contributed by atoms with Crippen LogP contribution in [0.4, 0.5) is 0 Å². The maximum Gasteiger partial charge on any atom is 0.248 e. The molecule has 0 bridgehead atoms. The Balaban J connectivity index is 1.34. The lowest BCUT2D eigenvalue weighted by Gasteiger charge is -2.32. The van der Waals surface area contributed by atoms with Crippen molar-refractivity contribution in [3.63, 3.8) is 0 Å². The minimum Gasteiger partial charge on any atom is -0.363 e. The van der Waals surface area contributed by atoms with Gasteiger partial charge in [0.1, 0.15) is 25.3 Å². The zero-order valence-corrected chi connectivity index (χ0v) is 33.4. The van der Waals surface area contributed by atoms with Crippen molar-refractivity contribution < 1.29 is 28.7 Å². The number of carbonyl (C=O) groups excluding carboxylic acids is 4. The van der Waals surface area contributed by atoms with Crippen LogP contribution in [0.3, 0.4) is 0 Å². The molecule has 2 aromatic rings. The van der Waals surface area contributed by atoms with Gasteiger partial charge in [0.15, 0.2) is 0 Å². The van der Waals surface area contributed by atoms with E-state index in [1.165, 1.54) is 11.8 Å². The standard InChI is InChI=1S/C38H54N10O6S/c1-26(39-5)34(49)41-32(36(51)46-20-12-13-21-46)28(3)53-23-14-7-8-15-24-54-29(4)33(42-35(50)27(2)40-6)37(52)47-22-16-17-30(47)25-48-38(43-44-45-48)55-31-18-10-9-11-19-31/h9-11,18-19,26-30,32-33,39-40H,12-13,16-17,20-25H2,1-6H3,(H,41,49)(H,42,50)/t26-,27-,28+,29?,30-,32-,33-/m0/s1. The van der Waals surface area contributed by atoms with Crippen molar-refractivity contribution in [1.82, 2.24) is 51.3 Å². The van der Waals surface area contributed by atoms with E-state index >= 15 is 0 Å². The van der Waals surface area contributed by atoms with Gasteiger partial charge in [0.25, 0.3) is 0 Å². The van der Waals surface area contributed by atoms with Crippen molar-refractivity contribution in [2.75, 3.05) is 46.9 Å². The monoisotopic (exact) mass is 778 g/mol. The normalized spacial score (nSPS) is 18.5. The molecule has 4 amide bonds. The molecule has 1 unspecified atom stereocenters. The first-order valence-electron chi connectivity index (χ1n) is 18.8. The largest absolute Gasteiger partial charge is 0.363 e. The number of carbonyl (C=O) groups is 4. The van der Waals surface area contributed by atoms with Gasteiger partial charge in [-0.25, -0.2) is 4.68 Å². The summed E-state index contributed by atoms with van der Waals surface area (Å²) in [5.74, 6) is 10.1. The molecular weight excluding hydrogens is 725 g/mol. The summed E-state index contributed by atoms with van der Waals surface area (Å²) in [6.07, 6.45) is 2.09. The zero-order chi connectivity index (χ0) is 39.7. The Bertz CT molecular complexity index is 1700. The summed E-state index contributed by atoms with van der Waals surface area (Å²) in [4.78, 5) is 57.4. The number of rotatable bonds is 18. The summed E-state index contributed by atoms with van der Waals surface area (Å²) < 4.78 is 13.5. The van der Waals surface area contributed by atoms with Gasteiger partial charge in [-0.2, -0.15) is 0 Å². The molecule has 0 saturated carbocycles. The Morgan fingerprint density at radius 2 is 1.38 bits per heavy atom. The van der Waals surface area contributed by atoms with Gasteiger partial charge in [-0.15, -0.1) is 5.10 Å². The molecule has 2 aliphatic rings. The molecule has 7 atom stereocenters. The molecule has 55 heavy (non-hydrogen) atoms. The minimum atomic E-state index is -0.966. The molecule has 4 rings (SSSR count). The third-order valence-corrected chi connectivity index (χ3v) is 10.7. The predicted octanol–water partition coefficient (Wildman–Crippen LogP) is 0.440. The molecule has 0 aliphatic carbocycles. The highest BCUT2D eigenvalue weighted by Crippen LogP contribution is 2.27. The van der Waals surface area contributed by atoms with E-state index in [0.29, 0.717) is 31.3 Å². The third-order valence-electron chi connectivity index (χ3n) is 9.71. The molecule has 2 fully saturated rings. The van der Waals surface area contributed by atoms with E-state index in [4.69, 9.17) is 9.47 Å². The smallest absolute Gasteiger partial charge is 0.248 e. The number of ether oxygens (including phenoxy) is 2. The Labute approximate surface area is 327 Å². The number of aromatic nitrogens is 4. The molecule has 0 radical (unpaired) electrons. The lowest BCUT2D eigenvalue weighted by molar-refractivity contribution is -0.141. The number of nitrogens with one attached hydrogen (secondary N) is 4. The molecule has 1 aromatic heterocycles. The van der Waals surface area contributed by atoms with Gasteiger partial charge in [-0.1, -0.05) is 30.0 Å². The van der Waals surface area contributed by atoms with Crippen molar-refractivity contribution in [1.29, 1.82) is 0 Å². The van der Waals surface area contributed by atoms with Crippen LogP contribution in [0.2, 0.25) is 0 Å². The van der Waals surface area contributed by atoms with Crippen LogP contribution in [0.5, 0.6) is 0 Å². The summed E-state index contributed by atoms with van der Waals surface area (Å²) in [5.41, 5.74) is 0. The van der Waals surface area contributed by atoms with Gasteiger partial charge in [-0.05, 0) is 114 Å². The van der Waals surface area contributed by atoms with Gasteiger partial charge in [0, 0.05) is 24.5 Å². The molecular formula is C38H54N10O6S. The van der Waals surface area contributed by atoms with Crippen LogP contribution < -0.4 is 21.3 Å². The average Bonchev–Trinajstić information content (AvgIpc) is 4.00. The Morgan fingerprint density at radius 1 is 0.818 bits per heavy atom. The van der Waals surface area contributed by atoms with Crippen molar-refractivity contribution in [3.05, 3.63) is 30.3 Å². The van der Waals surface area contributed by atoms with Gasteiger partial charge in [0.2, 0.25) is 28.8 Å². The number of likely N-dealkylation sites (N-methyl/N-ethyl adjacent to an activating group) is 2. The third kappa shape index (κ3) is 12.8. The summed E-state index contributed by atoms with van der Waals surface area (Å²) in [7, 11) is 3.35. The van der Waals surface area contributed by atoms with Gasteiger partial charge in [0.05, 0.1) is 36.9 Å². The van der Waals surface area contributed by atoms with Crippen molar-refractivity contribution in [2.45, 2.75) is 112 Å². The van der Waals surface area contributed by atoms with E-state index in [0.717, 1.165) is 30.6 Å². The molecule has 0 spiro atoms. The van der Waals surface area contributed by atoms with Crippen LogP contribution in [0.15, 0.2) is 40.4 Å². The van der Waals surface area contributed by atoms with Crippen LogP contribution in [-0.2, 0) is 35.2 Å². The first-order chi connectivity index (χ1) is 26.5. The maximum atomic E-state index is 14.1. The van der Waals surface area contributed by atoms with Gasteiger partial charge < -0.3 is 40.5 Å². The second-order valence-corrected chi connectivity index (χ2v) is 14.6. The highest BCUT2D eigenvalue weighted by molar-refractivity contribution is 7.99. The zero-order valence-electron chi connectivity index (χ0n) is 32.5. The van der Waals surface area contributed by atoms with Crippen LogP contribution >= 0.6 is 11.8 Å². The van der Waals surface area contributed by atoms with Crippen LogP contribution in [0.1, 0.15) is 53.4 Å². The van der Waals surface area contributed by atoms with E-state index in [1.807, 2.05) is 30.3 Å². The summed E-state index contributed by atoms with van der Waals surface area (Å²) >= 11 is 1.45. The highest BCUT2D eigenvalue weighted by Gasteiger charge is 2.38. The van der Waals surface area contributed by atoms with Crippen LogP contribution in [0.25, 0.3) is 0 Å². The topological polar surface area (TPSA) is 185 Å². The van der Waals surface area contributed by atoms with E-state index in [2.05, 4.69) is 60.5 Å². The summed E-state index contributed by atoms with van der Waals surface area (Å²) in [5, 5.41) is 24.4. The molecule has 2 saturated heterocycles. The molecule has 17 heteroatoms. The number of tetrazole rings is 1. The van der Waals surface area contributed by atoms with Gasteiger partial charge >= 0.3 is 0 Å². The molecule has 4 N–H and O–H groups in total. The number of hydrogen-bond donors (Lipinski definition) is 4. The first-order valence-corrected chi connectivity index (χ1v) is 19.6. The number of hydrogen-bond acceptors (Lipinski definition) is 12. The van der Waals surface area contributed by atoms with Gasteiger partial charge in [-0.3, -0.25) is 19.2 Å². The molecule has 2 aliphatic heterocycles. The lowest BCUT2D eigenvalue weighted by atomic mass is 10.1. The summed E-state index contributed by atoms with van der Waals surface area (Å²) in [6.45, 7) is 9.09. The first kappa shape index (κ1) is 43.2. The summed E-state index contributed by atoms with van der Waals surface area (Å²) in [6, 6.07) is 6.81. The fourth-order valence-electron chi connectivity index (χ4n) is 6.08. The Morgan fingerprint density at radius 3 is 1.95 bits per heavy atom. The quantitative estimate of drug-likeness (QED) is 0.154. The SMILES string of the molecule is CN[C@@H](C)C(=O)N[C@H](C(=O)N1CCC[C@H]1Cn1nnnc1Sc1ccccc1)C(C)OCC#CC#CCO[C@H](C)[C@H](NC(=O)[C@H](C)NC)C(=O)N1CCCC1. The number of nitrogens with zero attached hydrogens (tertiary/aromatic N) is 6. The lowest BCUT2D eigenvalue weighted by Crippen LogP contribution is -2.58. The Kier molecular flexibility index (Phi) is 17.4. The van der Waals surface area contributed by atoms with E-state index in [1.54, 1.807) is 56.3 Å². The second-order valence-electron chi connectivity index (χ2n) is 13.5. The second kappa shape index (κ2) is 22.1. The number of amides is 4. The fraction of sp³-hybridized carbons (Fsp3) is 0.605. The van der Waals surface area contributed by atoms with E-state index < -0.39 is 36.4 Å². The molecule has 3 heterocycles. The molecule has 1 aromatic carbocycles. The van der Waals surface area contributed by atoms with E-state index in [9.17, 15) is 19.2 Å². The van der Waals surface area contributed by atoms with Crippen LogP contribution in [0, 0.1) is 23.7 Å². The number of benzene rings is 1. The van der Waals surface area contributed by atoms with Crippen molar-refractivity contribution in [3.8, 4) is 23.7 Å². The predicted molar refractivity (Wildman–Crippen MR) is 206 cm³/mol. The number of likely N-dealkylation sites (tertiary alicyclic amines) is 2. The van der Waals surface area contributed by atoms with Crippen LogP contribution in [-0.4, -0.2) is 143 Å². The maximum absolute atomic E-state index is 14.1. The van der Waals surface area contributed by atoms with E-state index in [-0.39, 0.29) is 42.9 Å². The fourth-order valence-corrected chi connectivity index (χ4v) is 6.88. The van der Waals surface area contributed by atoms with Crippen molar-refractivity contribution in [2.24, 2.45) is 0 Å². The minimum absolute atomic E-state index is 0.00527. The molecule has 298 valence electrons. The van der Waals surface area contributed by atoms with Crippen molar-refractivity contribution >= 4 is 35.4 Å². The highest BCUT2D eigenvalue weighted by atomic mass is 32.2.